The molecule has 2 aliphatic rings. The number of nitrogens with one attached hydrogen (secondary N) is 1. The highest BCUT2D eigenvalue weighted by Crippen LogP contribution is 2.28. The first-order valence-electron chi connectivity index (χ1n) is 8.32. The number of aromatic nitrogens is 2. The molecule has 1 N–H and O–H groups in total. The second-order valence-corrected chi connectivity index (χ2v) is 7.17. The third-order valence-electron chi connectivity index (χ3n) is 5.08. The van der Waals surface area contributed by atoms with Crippen molar-refractivity contribution in [2.45, 2.75) is 38.3 Å². The molecule has 6 heteroatoms. The molecule has 3 heterocycles. The average Bonchev–Trinajstić information content (AvgIpc) is 2.84. The Morgan fingerprint density at radius 3 is 3.09 bits per heavy atom. The maximum Gasteiger partial charge on any atom is 0.275 e. The predicted octanol–water partition coefficient (Wildman–Crippen LogP) is 2.92. The fraction of sp³-hybridized carbons (Fsp3) is 0.529. The number of carbonyl (C=O) groups is 1. The van der Waals surface area contributed by atoms with Crippen LogP contribution in [-0.4, -0.2) is 57.6 Å². The van der Waals surface area contributed by atoms with Crippen LogP contribution in [-0.2, 0) is 0 Å². The number of hydrogen-bond acceptors (Lipinski definition) is 3. The summed E-state index contributed by atoms with van der Waals surface area (Å²) in [5.74, 6) is 0.0395. The largest absolute Gasteiger partial charge is 0.329 e. The number of halogens is 1. The van der Waals surface area contributed by atoms with Gasteiger partial charge < -0.3 is 4.90 Å². The molecule has 3 atom stereocenters. The van der Waals surface area contributed by atoms with Crippen LogP contribution in [0.4, 0.5) is 0 Å². The minimum absolute atomic E-state index is 0.0395. The van der Waals surface area contributed by atoms with E-state index in [1.165, 1.54) is 12.8 Å². The van der Waals surface area contributed by atoms with Crippen molar-refractivity contribution < 1.29 is 4.79 Å². The third kappa shape index (κ3) is 2.62. The molecular formula is C17H21ClN4O. The SMILES string of the molecule is CC1CN2CCCC[C@@H](C2)N1C(=O)c1n[nH]c2cc(Cl)ccc12. The first-order chi connectivity index (χ1) is 11.1. The van der Waals surface area contributed by atoms with Gasteiger partial charge in [-0.2, -0.15) is 5.10 Å². The Hall–Kier alpha value is -1.59. The summed E-state index contributed by atoms with van der Waals surface area (Å²) in [5, 5.41) is 8.72. The third-order valence-corrected chi connectivity index (χ3v) is 5.32. The van der Waals surface area contributed by atoms with Crippen LogP contribution < -0.4 is 0 Å². The van der Waals surface area contributed by atoms with Crippen molar-refractivity contribution in [3.8, 4) is 0 Å². The number of rotatable bonds is 1. The van der Waals surface area contributed by atoms with Crippen LogP contribution >= 0.6 is 11.6 Å². The van der Waals surface area contributed by atoms with Gasteiger partial charge in [0.15, 0.2) is 5.69 Å². The molecule has 2 bridgehead atoms. The number of nitrogens with zero attached hydrogens (tertiary/aromatic N) is 3. The van der Waals surface area contributed by atoms with Gasteiger partial charge in [0.1, 0.15) is 0 Å². The van der Waals surface area contributed by atoms with Gasteiger partial charge in [-0.05, 0) is 44.5 Å². The van der Waals surface area contributed by atoms with E-state index in [9.17, 15) is 4.79 Å². The molecule has 23 heavy (non-hydrogen) atoms. The number of carbonyl (C=O) groups excluding carboxylic acids is 1. The fourth-order valence-corrected chi connectivity index (χ4v) is 4.23. The molecule has 5 nitrogen and oxygen atoms in total. The van der Waals surface area contributed by atoms with E-state index in [0.717, 1.165) is 37.0 Å². The van der Waals surface area contributed by atoms with E-state index in [1.807, 2.05) is 18.2 Å². The molecule has 122 valence electrons. The van der Waals surface area contributed by atoms with E-state index in [0.29, 0.717) is 16.8 Å². The fourth-order valence-electron chi connectivity index (χ4n) is 4.05. The van der Waals surface area contributed by atoms with E-state index in [1.54, 1.807) is 0 Å². The Kier molecular flexibility index (Phi) is 3.77. The van der Waals surface area contributed by atoms with Crippen molar-refractivity contribution in [1.82, 2.24) is 20.0 Å². The molecule has 0 aliphatic carbocycles. The molecule has 0 spiro atoms. The van der Waals surface area contributed by atoms with Crippen LogP contribution in [0.2, 0.25) is 5.02 Å². The number of aromatic amines is 1. The lowest BCUT2D eigenvalue weighted by atomic mass is 10.0. The molecule has 2 saturated heterocycles. The molecule has 1 aromatic carbocycles. The summed E-state index contributed by atoms with van der Waals surface area (Å²) >= 11 is 6.02. The quantitative estimate of drug-likeness (QED) is 0.873. The highest BCUT2D eigenvalue weighted by atomic mass is 35.5. The van der Waals surface area contributed by atoms with E-state index >= 15 is 0 Å². The van der Waals surface area contributed by atoms with E-state index < -0.39 is 0 Å². The van der Waals surface area contributed by atoms with Gasteiger partial charge in [-0.15, -0.1) is 0 Å². The summed E-state index contributed by atoms with van der Waals surface area (Å²) in [6, 6.07) is 6.02. The molecule has 2 unspecified atom stereocenters. The van der Waals surface area contributed by atoms with Crippen LogP contribution in [0.15, 0.2) is 18.2 Å². The van der Waals surface area contributed by atoms with E-state index in [-0.39, 0.29) is 11.9 Å². The molecule has 2 fully saturated rings. The minimum Gasteiger partial charge on any atom is -0.329 e. The van der Waals surface area contributed by atoms with Gasteiger partial charge in [0.25, 0.3) is 5.91 Å². The van der Waals surface area contributed by atoms with Crippen LogP contribution in [0, 0.1) is 0 Å². The highest BCUT2D eigenvalue weighted by Gasteiger charge is 2.37. The van der Waals surface area contributed by atoms with Gasteiger partial charge in [0.2, 0.25) is 0 Å². The Labute approximate surface area is 140 Å². The lowest BCUT2D eigenvalue weighted by Gasteiger charge is -2.44. The molecule has 0 radical (unpaired) electrons. The second kappa shape index (κ2) is 5.80. The lowest BCUT2D eigenvalue weighted by molar-refractivity contribution is 0.0280. The number of hydrogen-bond donors (Lipinski definition) is 1. The van der Waals surface area contributed by atoms with Crippen molar-refractivity contribution in [1.29, 1.82) is 0 Å². The molecule has 1 aromatic heterocycles. The van der Waals surface area contributed by atoms with E-state index in [4.69, 9.17) is 11.6 Å². The number of piperazine rings is 1. The zero-order chi connectivity index (χ0) is 16.0. The van der Waals surface area contributed by atoms with Gasteiger partial charge in [-0.3, -0.25) is 14.8 Å². The first kappa shape index (κ1) is 15.0. The summed E-state index contributed by atoms with van der Waals surface area (Å²) < 4.78 is 0. The van der Waals surface area contributed by atoms with Gasteiger partial charge in [-0.1, -0.05) is 18.0 Å². The topological polar surface area (TPSA) is 52.2 Å². The standard InChI is InChI=1S/C17H21ClN4O/c1-11-9-21-7-3-2-4-13(10-21)22(11)17(23)16-14-6-5-12(18)8-15(14)19-20-16/h5-6,8,11,13H,2-4,7,9-10H2,1H3,(H,19,20)/t11?,13-/m0/s1. The maximum absolute atomic E-state index is 13.2. The molecule has 1 amide bonds. The van der Waals surface area contributed by atoms with Crippen molar-refractivity contribution in [3.05, 3.63) is 28.9 Å². The van der Waals surface area contributed by atoms with Gasteiger partial charge in [0.05, 0.1) is 5.52 Å². The van der Waals surface area contributed by atoms with Crippen LogP contribution in [0.5, 0.6) is 0 Å². The second-order valence-electron chi connectivity index (χ2n) is 6.73. The molecule has 4 rings (SSSR count). The van der Waals surface area contributed by atoms with E-state index in [2.05, 4.69) is 26.9 Å². The molecular weight excluding hydrogens is 312 g/mol. The van der Waals surface area contributed by atoms with Crippen molar-refractivity contribution in [2.24, 2.45) is 0 Å². The number of fused-ring (bicyclic) bond motifs is 3. The Morgan fingerprint density at radius 2 is 2.22 bits per heavy atom. The number of H-pyrrole nitrogens is 1. The van der Waals surface area contributed by atoms with Gasteiger partial charge >= 0.3 is 0 Å². The van der Waals surface area contributed by atoms with Gasteiger partial charge in [-0.25, -0.2) is 0 Å². The minimum atomic E-state index is 0.0395. The highest BCUT2D eigenvalue weighted by molar-refractivity contribution is 6.31. The van der Waals surface area contributed by atoms with Crippen molar-refractivity contribution in [3.63, 3.8) is 0 Å². The number of benzene rings is 1. The summed E-state index contributed by atoms with van der Waals surface area (Å²) in [6.45, 7) is 5.25. The summed E-state index contributed by atoms with van der Waals surface area (Å²) in [5.41, 5.74) is 1.33. The normalized spacial score (nSPS) is 27.9. The molecule has 2 aromatic rings. The molecule has 2 aliphatic heterocycles. The Morgan fingerprint density at radius 1 is 1.35 bits per heavy atom. The Bertz CT molecular complexity index is 743. The van der Waals surface area contributed by atoms with Gasteiger partial charge in [0, 0.05) is 35.6 Å². The monoisotopic (exact) mass is 332 g/mol. The zero-order valence-corrected chi connectivity index (χ0v) is 14.0. The van der Waals surface area contributed by atoms with Crippen LogP contribution in [0.1, 0.15) is 36.7 Å². The lowest BCUT2D eigenvalue weighted by Crippen LogP contribution is -2.58. The summed E-state index contributed by atoms with van der Waals surface area (Å²) in [4.78, 5) is 17.7. The van der Waals surface area contributed by atoms with Crippen LogP contribution in [0.25, 0.3) is 10.9 Å². The maximum atomic E-state index is 13.2. The number of amides is 1. The predicted molar refractivity (Wildman–Crippen MR) is 90.8 cm³/mol. The average molecular weight is 333 g/mol. The smallest absolute Gasteiger partial charge is 0.275 e. The van der Waals surface area contributed by atoms with Crippen molar-refractivity contribution in [2.75, 3.05) is 19.6 Å². The summed E-state index contributed by atoms with van der Waals surface area (Å²) in [7, 11) is 0. The first-order valence-corrected chi connectivity index (χ1v) is 8.70. The van der Waals surface area contributed by atoms with Crippen molar-refractivity contribution >= 4 is 28.4 Å². The molecule has 0 saturated carbocycles. The van der Waals surface area contributed by atoms with Crippen LogP contribution in [0.3, 0.4) is 0 Å². The zero-order valence-electron chi connectivity index (χ0n) is 13.3. The Balaban J connectivity index is 1.69. The summed E-state index contributed by atoms with van der Waals surface area (Å²) in [6.07, 6.45) is 3.50.